The molecule has 1 aliphatic carbocycles. The van der Waals surface area contributed by atoms with Gasteiger partial charge in [-0.3, -0.25) is 9.69 Å². The molecule has 1 aromatic carbocycles. The number of amides is 1. The molecule has 2 N–H and O–H groups in total. The predicted octanol–water partition coefficient (Wildman–Crippen LogP) is 2.17. The van der Waals surface area contributed by atoms with Crippen LogP contribution in [0.5, 0.6) is 0 Å². The van der Waals surface area contributed by atoms with E-state index in [9.17, 15) is 14.3 Å². The molecule has 2 atom stereocenters. The van der Waals surface area contributed by atoms with Gasteiger partial charge in [0, 0.05) is 12.2 Å². The maximum atomic E-state index is 13.4. The molecule has 1 saturated carbocycles. The van der Waals surface area contributed by atoms with Crippen LogP contribution in [0.3, 0.4) is 0 Å². The van der Waals surface area contributed by atoms with E-state index in [2.05, 4.69) is 5.32 Å². The quantitative estimate of drug-likeness (QED) is 0.875. The zero-order chi connectivity index (χ0) is 15.4. The summed E-state index contributed by atoms with van der Waals surface area (Å²) in [5.74, 6) is -0.247. The minimum absolute atomic E-state index is 0.173. The standard InChI is InChI=1S/C16H23FN2O2/c1-11-6-7-13(8-14(11)17)18-16(21)10-19(2)9-12-4-3-5-15(12)20/h6-8,12,15,20H,3-5,9-10H2,1-2H3,(H,18,21). The van der Waals surface area contributed by atoms with Gasteiger partial charge in [0.25, 0.3) is 0 Å². The Balaban J connectivity index is 1.81. The fraction of sp³-hybridized carbons (Fsp3) is 0.562. The maximum absolute atomic E-state index is 13.4. The zero-order valence-corrected chi connectivity index (χ0v) is 12.6. The van der Waals surface area contributed by atoms with E-state index in [0.717, 1.165) is 19.3 Å². The molecule has 0 aliphatic heterocycles. The van der Waals surface area contributed by atoms with Crippen LogP contribution in [0.15, 0.2) is 18.2 Å². The Morgan fingerprint density at radius 2 is 2.24 bits per heavy atom. The summed E-state index contributed by atoms with van der Waals surface area (Å²) in [6.07, 6.45) is 2.67. The number of aliphatic hydroxyl groups is 1. The number of aliphatic hydroxyl groups excluding tert-OH is 1. The van der Waals surface area contributed by atoms with E-state index < -0.39 is 0 Å². The predicted molar refractivity (Wildman–Crippen MR) is 80.6 cm³/mol. The molecule has 5 heteroatoms. The van der Waals surface area contributed by atoms with Gasteiger partial charge in [0.1, 0.15) is 5.82 Å². The third kappa shape index (κ3) is 4.51. The van der Waals surface area contributed by atoms with Gasteiger partial charge >= 0.3 is 0 Å². The van der Waals surface area contributed by atoms with Crippen LogP contribution in [-0.2, 0) is 4.79 Å². The molecule has 0 heterocycles. The first kappa shape index (κ1) is 15.9. The molecule has 1 fully saturated rings. The van der Waals surface area contributed by atoms with Crippen LogP contribution in [0.4, 0.5) is 10.1 Å². The van der Waals surface area contributed by atoms with E-state index in [1.54, 1.807) is 19.1 Å². The average Bonchev–Trinajstić information content (AvgIpc) is 2.79. The summed E-state index contributed by atoms with van der Waals surface area (Å²) in [5, 5.41) is 12.5. The number of carbonyl (C=O) groups excluding carboxylic acids is 1. The van der Waals surface area contributed by atoms with Crippen LogP contribution in [0, 0.1) is 18.7 Å². The molecule has 1 amide bonds. The maximum Gasteiger partial charge on any atom is 0.238 e. The number of anilines is 1. The van der Waals surface area contributed by atoms with Crippen molar-refractivity contribution in [2.45, 2.75) is 32.3 Å². The first-order chi connectivity index (χ1) is 9.95. The Morgan fingerprint density at radius 3 is 2.86 bits per heavy atom. The number of hydrogen-bond donors (Lipinski definition) is 2. The summed E-state index contributed by atoms with van der Waals surface area (Å²) in [6.45, 7) is 2.62. The minimum atomic E-state index is -0.324. The molecule has 0 saturated heterocycles. The number of hydrogen-bond acceptors (Lipinski definition) is 3. The van der Waals surface area contributed by atoms with Gasteiger partial charge in [-0.05, 0) is 50.4 Å². The summed E-state index contributed by atoms with van der Waals surface area (Å²) in [4.78, 5) is 13.8. The Bertz CT molecular complexity index is 507. The highest BCUT2D eigenvalue weighted by atomic mass is 19.1. The van der Waals surface area contributed by atoms with E-state index in [1.807, 2.05) is 11.9 Å². The van der Waals surface area contributed by atoms with Crippen LogP contribution in [-0.4, -0.2) is 42.2 Å². The number of carbonyl (C=O) groups is 1. The molecule has 0 aromatic heterocycles. The van der Waals surface area contributed by atoms with Gasteiger partial charge in [0.2, 0.25) is 5.91 Å². The molecule has 2 rings (SSSR count). The first-order valence-electron chi connectivity index (χ1n) is 7.38. The monoisotopic (exact) mass is 294 g/mol. The molecule has 0 radical (unpaired) electrons. The first-order valence-corrected chi connectivity index (χ1v) is 7.38. The third-order valence-electron chi connectivity index (χ3n) is 4.03. The van der Waals surface area contributed by atoms with E-state index >= 15 is 0 Å². The number of rotatable bonds is 5. The Hall–Kier alpha value is -1.46. The van der Waals surface area contributed by atoms with Crippen LogP contribution in [0.1, 0.15) is 24.8 Å². The van der Waals surface area contributed by atoms with Crippen molar-refractivity contribution in [2.24, 2.45) is 5.92 Å². The number of likely N-dealkylation sites (N-methyl/N-ethyl adjacent to an activating group) is 1. The highest BCUT2D eigenvalue weighted by Gasteiger charge is 2.26. The Labute approximate surface area is 125 Å². The van der Waals surface area contributed by atoms with Gasteiger partial charge in [-0.2, -0.15) is 0 Å². The van der Waals surface area contributed by atoms with Gasteiger partial charge < -0.3 is 10.4 Å². The Kier molecular flexibility index (Phi) is 5.31. The molecule has 2 unspecified atom stereocenters. The van der Waals surface area contributed by atoms with Crippen molar-refractivity contribution in [1.82, 2.24) is 4.90 Å². The van der Waals surface area contributed by atoms with Crippen molar-refractivity contribution in [2.75, 3.05) is 25.5 Å². The summed E-state index contributed by atoms with van der Waals surface area (Å²) in [7, 11) is 1.86. The molecule has 21 heavy (non-hydrogen) atoms. The van der Waals surface area contributed by atoms with Crippen LogP contribution in [0.2, 0.25) is 0 Å². The molecular weight excluding hydrogens is 271 g/mol. The second-order valence-electron chi connectivity index (χ2n) is 5.97. The summed E-state index contributed by atoms with van der Waals surface area (Å²) < 4.78 is 13.4. The molecular formula is C16H23FN2O2. The average molecular weight is 294 g/mol. The van der Waals surface area contributed by atoms with Gasteiger partial charge in [0.15, 0.2) is 0 Å². The lowest BCUT2D eigenvalue weighted by atomic mass is 10.1. The van der Waals surface area contributed by atoms with E-state index in [1.165, 1.54) is 6.07 Å². The van der Waals surface area contributed by atoms with Crippen LogP contribution >= 0.6 is 0 Å². The lowest BCUT2D eigenvalue weighted by Crippen LogP contribution is -2.35. The Morgan fingerprint density at radius 1 is 1.48 bits per heavy atom. The lowest BCUT2D eigenvalue weighted by Gasteiger charge is -2.22. The zero-order valence-electron chi connectivity index (χ0n) is 12.6. The fourth-order valence-corrected chi connectivity index (χ4v) is 2.81. The van der Waals surface area contributed by atoms with Gasteiger partial charge in [-0.1, -0.05) is 12.5 Å². The number of halogens is 1. The second kappa shape index (κ2) is 7.00. The van der Waals surface area contributed by atoms with Crippen molar-refractivity contribution >= 4 is 11.6 Å². The van der Waals surface area contributed by atoms with Gasteiger partial charge in [-0.25, -0.2) is 4.39 Å². The fourth-order valence-electron chi connectivity index (χ4n) is 2.81. The molecule has 4 nitrogen and oxygen atoms in total. The van der Waals surface area contributed by atoms with E-state index in [4.69, 9.17) is 0 Å². The third-order valence-corrected chi connectivity index (χ3v) is 4.03. The topological polar surface area (TPSA) is 52.6 Å². The number of nitrogens with zero attached hydrogens (tertiary/aromatic N) is 1. The van der Waals surface area contributed by atoms with Crippen molar-refractivity contribution in [3.8, 4) is 0 Å². The molecule has 1 aliphatic rings. The van der Waals surface area contributed by atoms with Crippen LogP contribution < -0.4 is 5.32 Å². The molecule has 116 valence electrons. The van der Waals surface area contributed by atoms with E-state index in [0.29, 0.717) is 17.8 Å². The lowest BCUT2D eigenvalue weighted by molar-refractivity contribution is -0.117. The highest BCUT2D eigenvalue weighted by Crippen LogP contribution is 2.25. The highest BCUT2D eigenvalue weighted by molar-refractivity contribution is 5.92. The second-order valence-corrected chi connectivity index (χ2v) is 5.97. The van der Waals surface area contributed by atoms with Crippen molar-refractivity contribution in [3.63, 3.8) is 0 Å². The SMILES string of the molecule is Cc1ccc(NC(=O)CN(C)CC2CCCC2O)cc1F. The van der Waals surface area contributed by atoms with Gasteiger partial charge in [-0.15, -0.1) is 0 Å². The largest absolute Gasteiger partial charge is 0.393 e. The van der Waals surface area contributed by atoms with Crippen LogP contribution in [0.25, 0.3) is 0 Å². The van der Waals surface area contributed by atoms with E-state index in [-0.39, 0.29) is 30.3 Å². The number of aryl methyl sites for hydroxylation is 1. The molecule has 0 spiro atoms. The van der Waals surface area contributed by atoms with Gasteiger partial charge in [0.05, 0.1) is 12.6 Å². The summed E-state index contributed by atoms with van der Waals surface area (Å²) in [5.41, 5.74) is 1.03. The summed E-state index contributed by atoms with van der Waals surface area (Å²) >= 11 is 0. The molecule has 0 bridgehead atoms. The number of benzene rings is 1. The van der Waals surface area contributed by atoms with Crippen molar-refractivity contribution in [1.29, 1.82) is 0 Å². The normalized spacial score (nSPS) is 21.8. The van der Waals surface area contributed by atoms with Crippen molar-refractivity contribution in [3.05, 3.63) is 29.6 Å². The summed E-state index contributed by atoms with van der Waals surface area (Å²) in [6, 6.07) is 4.66. The number of nitrogens with one attached hydrogen (secondary N) is 1. The smallest absolute Gasteiger partial charge is 0.238 e. The minimum Gasteiger partial charge on any atom is -0.393 e. The van der Waals surface area contributed by atoms with Crippen molar-refractivity contribution < 1.29 is 14.3 Å². The molecule has 1 aromatic rings.